The van der Waals surface area contributed by atoms with Crippen molar-refractivity contribution < 1.29 is 24.3 Å². The molecule has 4 atom stereocenters. The molecule has 0 rings (SSSR count). The molecule has 0 aliphatic heterocycles. The largest absolute Gasteiger partial charge is 0.480 e. The lowest BCUT2D eigenvalue weighted by Crippen LogP contribution is -2.57. The van der Waals surface area contributed by atoms with Crippen LogP contribution in [0.15, 0.2) is 4.99 Å². The number of thioether (sulfide) groups is 1. The van der Waals surface area contributed by atoms with Crippen molar-refractivity contribution in [2.75, 3.05) is 25.1 Å². The number of carboxylic acid groups (broad SMARTS) is 1. The molecule has 0 radical (unpaired) electrons. The van der Waals surface area contributed by atoms with Crippen molar-refractivity contribution in [1.82, 2.24) is 16.0 Å². The van der Waals surface area contributed by atoms with Gasteiger partial charge in [0.2, 0.25) is 17.7 Å². The number of nitrogens with one attached hydrogen (secondary N) is 3. The molecule has 0 spiro atoms. The first-order valence-electron chi connectivity index (χ1n) is 11.2. The zero-order chi connectivity index (χ0) is 26.1. The number of hydrogen-bond acceptors (Lipinski definition) is 8. The number of amides is 3. The maximum absolute atomic E-state index is 13.0. The second-order valence-corrected chi connectivity index (χ2v) is 8.81. The minimum atomic E-state index is -1.16. The van der Waals surface area contributed by atoms with Crippen molar-refractivity contribution in [3.8, 4) is 0 Å². The van der Waals surface area contributed by atoms with E-state index >= 15 is 0 Å². The number of rotatable bonds is 18. The average molecular weight is 505 g/mol. The third kappa shape index (κ3) is 13.9. The third-order valence-electron chi connectivity index (χ3n) is 4.80. The Morgan fingerprint density at radius 2 is 1.41 bits per heavy atom. The SMILES string of the molecule is CSCCC(NC(=O)C(CCCCN)NC(=O)C(CCCN=C(N)N)NC(=O)C(C)N)C(=O)O. The number of nitrogens with two attached hydrogens (primary N) is 4. The number of carbonyl (C=O) groups excluding carboxylic acids is 3. The smallest absolute Gasteiger partial charge is 0.326 e. The average Bonchev–Trinajstić information content (AvgIpc) is 2.77. The first kappa shape index (κ1) is 31.4. The highest BCUT2D eigenvalue weighted by atomic mass is 32.2. The van der Waals surface area contributed by atoms with Gasteiger partial charge in [-0.05, 0) is 64.0 Å². The summed E-state index contributed by atoms with van der Waals surface area (Å²) in [5.74, 6) is -2.45. The van der Waals surface area contributed by atoms with Crippen molar-refractivity contribution >= 4 is 41.4 Å². The Balaban J connectivity index is 5.44. The van der Waals surface area contributed by atoms with Crippen LogP contribution in [0.3, 0.4) is 0 Å². The molecule has 34 heavy (non-hydrogen) atoms. The van der Waals surface area contributed by atoms with E-state index in [1.807, 2.05) is 6.26 Å². The van der Waals surface area contributed by atoms with Crippen LogP contribution in [0.5, 0.6) is 0 Å². The van der Waals surface area contributed by atoms with Crippen LogP contribution in [0.4, 0.5) is 0 Å². The highest BCUT2D eigenvalue weighted by Gasteiger charge is 2.29. The first-order valence-corrected chi connectivity index (χ1v) is 12.6. The highest BCUT2D eigenvalue weighted by Crippen LogP contribution is 2.07. The summed E-state index contributed by atoms with van der Waals surface area (Å²) in [4.78, 5) is 53.3. The van der Waals surface area contributed by atoms with Crippen molar-refractivity contribution in [3.63, 3.8) is 0 Å². The van der Waals surface area contributed by atoms with Crippen LogP contribution >= 0.6 is 11.8 Å². The Labute approximate surface area is 204 Å². The van der Waals surface area contributed by atoms with Gasteiger partial charge in [-0.15, -0.1) is 0 Å². The van der Waals surface area contributed by atoms with Gasteiger partial charge in [0.15, 0.2) is 5.96 Å². The maximum atomic E-state index is 13.0. The molecule has 4 unspecified atom stereocenters. The zero-order valence-corrected chi connectivity index (χ0v) is 20.7. The van der Waals surface area contributed by atoms with Crippen LogP contribution in [0.25, 0.3) is 0 Å². The van der Waals surface area contributed by atoms with E-state index in [0.717, 1.165) is 0 Å². The van der Waals surface area contributed by atoms with Gasteiger partial charge in [0.25, 0.3) is 0 Å². The van der Waals surface area contributed by atoms with Crippen molar-refractivity contribution in [1.29, 1.82) is 0 Å². The molecule has 0 aromatic carbocycles. The number of unbranched alkanes of at least 4 members (excludes halogenated alkanes) is 1. The molecule has 0 aromatic heterocycles. The second kappa shape index (κ2) is 17.8. The molecule has 0 bridgehead atoms. The minimum absolute atomic E-state index is 0.0910. The Bertz CT molecular complexity index is 688. The van der Waals surface area contributed by atoms with E-state index in [1.165, 1.54) is 18.7 Å². The number of nitrogens with zero attached hydrogens (tertiary/aromatic N) is 1. The summed E-state index contributed by atoms with van der Waals surface area (Å²) in [5, 5.41) is 17.1. The molecule has 3 amide bonds. The highest BCUT2D eigenvalue weighted by molar-refractivity contribution is 7.98. The van der Waals surface area contributed by atoms with Gasteiger partial charge in [0, 0.05) is 6.54 Å². The number of carboxylic acids is 1. The molecule has 0 heterocycles. The van der Waals surface area contributed by atoms with Crippen LogP contribution in [-0.2, 0) is 19.2 Å². The Kier molecular flexibility index (Phi) is 16.5. The van der Waals surface area contributed by atoms with Crippen molar-refractivity contribution in [2.45, 2.75) is 69.6 Å². The molecule has 0 aliphatic carbocycles. The van der Waals surface area contributed by atoms with Gasteiger partial charge in [0.1, 0.15) is 18.1 Å². The molecule has 196 valence electrons. The number of hydrogen-bond donors (Lipinski definition) is 8. The Morgan fingerprint density at radius 3 is 1.88 bits per heavy atom. The number of guanidine groups is 1. The predicted octanol–water partition coefficient (Wildman–Crippen LogP) is -2.19. The van der Waals surface area contributed by atoms with E-state index in [9.17, 15) is 24.3 Å². The van der Waals surface area contributed by atoms with E-state index in [2.05, 4.69) is 20.9 Å². The molecule has 0 saturated carbocycles. The molecule has 12 N–H and O–H groups in total. The van der Waals surface area contributed by atoms with Crippen LogP contribution in [0, 0.1) is 0 Å². The summed E-state index contributed by atoms with van der Waals surface area (Å²) in [6.07, 6.45) is 4.07. The maximum Gasteiger partial charge on any atom is 0.326 e. The van der Waals surface area contributed by atoms with Gasteiger partial charge in [-0.25, -0.2) is 4.79 Å². The fraction of sp³-hybridized carbons (Fsp3) is 0.750. The van der Waals surface area contributed by atoms with E-state index in [0.29, 0.717) is 31.6 Å². The lowest BCUT2D eigenvalue weighted by Gasteiger charge is -2.25. The summed E-state index contributed by atoms with van der Waals surface area (Å²) in [6.45, 7) is 2.13. The van der Waals surface area contributed by atoms with Gasteiger partial charge < -0.3 is 44.0 Å². The van der Waals surface area contributed by atoms with Gasteiger partial charge >= 0.3 is 5.97 Å². The second-order valence-electron chi connectivity index (χ2n) is 7.83. The fourth-order valence-corrected chi connectivity index (χ4v) is 3.35. The standard InChI is InChI=1S/C20H40N8O5S/c1-12(22)16(29)26-14(7-5-10-25-20(23)24)17(30)27-13(6-3-4-9-21)18(31)28-15(19(32)33)8-11-34-2/h12-15H,3-11,21-22H2,1-2H3,(H,26,29)(H,27,30)(H,28,31)(H,32,33)(H4,23,24,25). The van der Waals surface area contributed by atoms with Crippen LogP contribution in [-0.4, -0.2) is 84.0 Å². The number of aliphatic carboxylic acids is 1. The van der Waals surface area contributed by atoms with E-state index in [1.54, 1.807) is 0 Å². The summed E-state index contributed by atoms with van der Waals surface area (Å²) >= 11 is 1.46. The molecule has 0 aliphatic rings. The lowest BCUT2D eigenvalue weighted by molar-refractivity contribution is -0.142. The van der Waals surface area contributed by atoms with Crippen LogP contribution < -0.4 is 38.9 Å². The molecular formula is C20H40N8O5S. The van der Waals surface area contributed by atoms with Gasteiger partial charge in [-0.3, -0.25) is 19.4 Å². The Hall–Kier alpha value is -2.58. The fourth-order valence-electron chi connectivity index (χ4n) is 2.87. The summed E-state index contributed by atoms with van der Waals surface area (Å²) in [5.41, 5.74) is 21.7. The quantitative estimate of drug-likeness (QED) is 0.0569. The van der Waals surface area contributed by atoms with E-state index in [-0.39, 0.29) is 31.8 Å². The minimum Gasteiger partial charge on any atom is -0.480 e. The van der Waals surface area contributed by atoms with Gasteiger partial charge in [-0.2, -0.15) is 11.8 Å². The topological polar surface area (TPSA) is 241 Å². The molecule has 0 saturated heterocycles. The van der Waals surface area contributed by atoms with Crippen molar-refractivity contribution in [3.05, 3.63) is 0 Å². The Morgan fingerprint density at radius 1 is 0.882 bits per heavy atom. The van der Waals surface area contributed by atoms with E-state index in [4.69, 9.17) is 22.9 Å². The monoisotopic (exact) mass is 504 g/mol. The van der Waals surface area contributed by atoms with Crippen LogP contribution in [0.1, 0.15) is 45.4 Å². The molecular weight excluding hydrogens is 464 g/mol. The first-order chi connectivity index (χ1) is 16.0. The predicted molar refractivity (Wildman–Crippen MR) is 133 cm³/mol. The van der Waals surface area contributed by atoms with Crippen molar-refractivity contribution in [2.24, 2.45) is 27.9 Å². The van der Waals surface area contributed by atoms with E-state index < -0.39 is 47.9 Å². The zero-order valence-electron chi connectivity index (χ0n) is 19.9. The molecule has 0 fully saturated rings. The molecule has 13 nitrogen and oxygen atoms in total. The summed E-state index contributed by atoms with van der Waals surface area (Å²) in [6, 6.07) is -3.90. The normalized spacial score (nSPS) is 14.2. The van der Waals surface area contributed by atoms with Gasteiger partial charge in [0.05, 0.1) is 6.04 Å². The lowest BCUT2D eigenvalue weighted by atomic mass is 10.1. The molecule has 14 heteroatoms. The molecule has 0 aromatic rings. The number of aliphatic imine (C=N–C) groups is 1. The van der Waals surface area contributed by atoms with Gasteiger partial charge in [-0.1, -0.05) is 0 Å². The summed E-state index contributed by atoms with van der Waals surface area (Å²) in [7, 11) is 0. The number of carbonyl (C=O) groups is 4. The third-order valence-corrected chi connectivity index (χ3v) is 5.44. The van der Waals surface area contributed by atoms with Crippen LogP contribution in [0.2, 0.25) is 0 Å². The summed E-state index contributed by atoms with van der Waals surface area (Å²) < 4.78 is 0.